The van der Waals surface area contributed by atoms with Crippen molar-refractivity contribution in [3.8, 4) is 11.6 Å². The van der Waals surface area contributed by atoms with Crippen LogP contribution in [0.25, 0.3) is 0 Å². The molecule has 1 aromatic carbocycles. The lowest BCUT2D eigenvalue weighted by atomic mass is 9.73. The first-order valence-electron chi connectivity index (χ1n) is 9.26. The van der Waals surface area contributed by atoms with Crippen LogP contribution < -0.4 is 10.1 Å². The Morgan fingerprint density at radius 3 is 2.97 bits per heavy atom. The number of benzene rings is 1. The summed E-state index contributed by atoms with van der Waals surface area (Å²) in [7, 11) is 1.48. The number of hydrogen-bond donors (Lipinski definition) is 2. The number of rotatable bonds is 4. The molecular formula is C20H19F3N4O3. The number of aromatic nitrogens is 1. The molecule has 0 saturated carbocycles. The van der Waals surface area contributed by atoms with Gasteiger partial charge in [-0.25, -0.2) is 18.2 Å². The number of halogens is 3. The molecule has 0 radical (unpaired) electrons. The third-order valence-electron chi connectivity index (χ3n) is 5.45. The Hall–Kier alpha value is -3.14. The molecule has 10 heteroatoms. The summed E-state index contributed by atoms with van der Waals surface area (Å²) in [4.78, 5) is 17.7. The van der Waals surface area contributed by atoms with Gasteiger partial charge < -0.3 is 14.8 Å². The van der Waals surface area contributed by atoms with Gasteiger partial charge in [0.05, 0.1) is 18.7 Å². The Kier molecular flexibility index (Phi) is 5.10. The Balaban J connectivity index is 1.76. The van der Waals surface area contributed by atoms with E-state index >= 15 is 0 Å². The lowest BCUT2D eigenvalue weighted by molar-refractivity contribution is -0.143. The van der Waals surface area contributed by atoms with Crippen molar-refractivity contribution < 1.29 is 27.4 Å². The smallest absolute Gasteiger partial charge is 0.235 e. The highest BCUT2D eigenvalue weighted by Crippen LogP contribution is 2.42. The number of alkyl halides is 1. The number of carbonyl (C=O) groups is 1. The maximum absolute atomic E-state index is 14.9. The summed E-state index contributed by atoms with van der Waals surface area (Å²) in [5.74, 6) is -2.48. The number of guanidine groups is 1. The number of amides is 1. The molecule has 3 heterocycles. The molecule has 0 spiro atoms. The average molecular weight is 420 g/mol. The molecule has 0 aliphatic carbocycles. The van der Waals surface area contributed by atoms with Crippen molar-refractivity contribution in [2.75, 3.05) is 20.3 Å². The minimum atomic E-state index is -1.29. The van der Waals surface area contributed by atoms with Crippen molar-refractivity contribution in [1.82, 2.24) is 15.2 Å². The van der Waals surface area contributed by atoms with E-state index in [1.165, 1.54) is 24.1 Å². The maximum atomic E-state index is 14.9. The fourth-order valence-corrected chi connectivity index (χ4v) is 3.89. The van der Waals surface area contributed by atoms with Crippen molar-refractivity contribution in [1.29, 1.82) is 5.41 Å². The van der Waals surface area contributed by atoms with Crippen molar-refractivity contribution in [2.45, 2.75) is 18.6 Å². The third-order valence-corrected chi connectivity index (χ3v) is 5.45. The molecule has 2 atom stereocenters. The van der Waals surface area contributed by atoms with Crippen LogP contribution in [0.3, 0.4) is 0 Å². The maximum Gasteiger partial charge on any atom is 0.235 e. The number of ether oxygens (including phenoxy) is 2. The van der Waals surface area contributed by atoms with Crippen molar-refractivity contribution in [3.63, 3.8) is 0 Å². The van der Waals surface area contributed by atoms with E-state index in [0.29, 0.717) is 13.0 Å². The van der Waals surface area contributed by atoms with Gasteiger partial charge in [0.1, 0.15) is 29.6 Å². The summed E-state index contributed by atoms with van der Waals surface area (Å²) in [6, 6.07) is 4.80. The van der Waals surface area contributed by atoms with Crippen LogP contribution in [0.15, 0.2) is 30.5 Å². The van der Waals surface area contributed by atoms with E-state index in [0.717, 1.165) is 18.3 Å². The van der Waals surface area contributed by atoms with E-state index in [1.54, 1.807) is 0 Å². The van der Waals surface area contributed by atoms with E-state index in [-0.39, 0.29) is 41.2 Å². The molecule has 2 aliphatic heterocycles. The fraction of sp³-hybridized carbons (Fsp3) is 0.350. The van der Waals surface area contributed by atoms with Crippen LogP contribution >= 0.6 is 0 Å². The summed E-state index contributed by atoms with van der Waals surface area (Å²) in [5.41, 5.74) is -1.30. The van der Waals surface area contributed by atoms with Crippen molar-refractivity contribution >= 4 is 11.9 Å². The summed E-state index contributed by atoms with van der Waals surface area (Å²) < 4.78 is 52.6. The first-order valence-corrected chi connectivity index (χ1v) is 9.26. The van der Waals surface area contributed by atoms with E-state index < -0.39 is 29.8 Å². The number of carbonyl (C=O) groups excluding carboxylic acids is 1. The lowest BCUT2D eigenvalue weighted by Crippen LogP contribution is -2.68. The first kappa shape index (κ1) is 20.1. The molecule has 4 rings (SSSR count). The van der Waals surface area contributed by atoms with Crippen molar-refractivity contribution in [2.24, 2.45) is 5.92 Å². The Labute approximate surface area is 170 Å². The summed E-state index contributed by atoms with van der Waals surface area (Å²) in [6.45, 7) is -0.684. The summed E-state index contributed by atoms with van der Waals surface area (Å²) in [5, 5.41) is 11.0. The van der Waals surface area contributed by atoms with Crippen LogP contribution in [0, 0.1) is 23.0 Å². The predicted octanol–water partition coefficient (Wildman–Crippen LogP) is 2.85. The SMILES string of the molecule is CN1C(=N)N[C@@]2(c3cc(Oc4ncc(F)cc4CF)ccc3F)COCC[C@H]2C1=O. The van der Waals surface area contributed by atoms with Crippen LogP contribution in [0.1, 0.15) is 17.5 Å². The van der Waals surface area contributed by atoms with Gasteiger partial charge in [-0.15, -0.1) is 0 Å². The monoisotopic (exact) mass is 420 g/mol. The number of pyridine rings is 1. The zero-order chi connectivity index (χ0) is 21.5. The number of nitrogens with zero attached hydrogens (tertiary/aromatic N) is 2. The topological polar surface area (TPSA) is 87.5 Å². The largest absolute Gasteiger partial charge is 0.439 e. The normalized spacial score (nSPS) is 23.7. The minimum absolute atomic E-state index is 0.0233. The molecule has 0 unspecified atom stereocenters. The zero-order valence-electron chi connectivity index (χ0n) is 16.0. The molecule has 30 heavy (non-hydrogen) atoms. The van der Waals surface area contributed by atoms with Gasteiger partial charge in [-0.05, 0) is 30.7 Å². The van der Waals surface area contributed by atoms with Crippen LogP contribution in [0.4, 0.5) is 13.2 Å². The molecule has 2 fully saturated rings. The summed E-state index contributed by atoms with van der Waals surface area (Å²) >= 11 is 0. The van der Waals surface area contributed by atoms with Crippen molar-refractivity contribution in [3.05, 3.63) is 53.2 Å². The number of fused-ring (bicyclic) bond motifs is 1. The highest BCUT2D eigenvalue weighted by atomic mass is 19.1. The van der Waals surface area contributed by atoms with Gasteiger partial charge in [-0.3, -0.25) is 15.1 Å². The molecule has 2 aliphatic rings. The molecule has 1 aromatic heterocycles. The van der Waals surface area contributed by atoms with Gasteiger partial charge in [0.2, 0.25) is 11.8 Å². The van der Waals surface area contributed by atoms with Crippen LogP contribution in [0.5, 0.6) is 11.6 Å². The quantitative estimate of drug-likeness (QED) is 0.794. The second-order valence-corrected chi connectivity index (χ2v) is 7.23. The molecule has 2 saturated heterocycles. The van der Waals surface area contributed by atoms with Gasteiger partial charge >= 0.3 is 0 Å². The molecule has 1 amide bonds. The highest BCUT2D eigenvalue weighted by Gasteiger charge is 2.53. The molecular weight excluding hydrogens is 401 g/mol. The number of nitrogens with one attached hydrogen (secondary N) is 2. The average Bonchev–Trinajstić information content (AvgIpc) is 2.74. The van der Waals surface area contributed by atoms with E-state index in [9.17, 15) is 18.0 Å². The first-order chi connectivity index (χ1) is 14.4. The second kappa shape index (κ2) is 7.60. The van der Waals surface area contributed by atoms with Gasteiger partial charge in [-0.2, -0.15) is 0 Å². The minimum Gasteiger partial charge on any atom is -0.439 e. The standard InChI is InChI=1S/C20H19F3N4O3/c1-27-18(28)14-4-5-29-10-20(14,26-19(27)24)15-7-13(2-3-16(15)23)30-17-11(8-21)6-12(22)9-25-17/h2-3,6-7,9,14H,4-5,8,10H2,1H3,(H2,24,26)/t14-,20-/m0/s1. The van der Waals surface area contributed by atoms with Gasteiger partial charge in [0, 0.05) is 24.8 Å². The Morgan fingerprint density at radius 2 is 2.20 bits per heavy atom. The summed E-state index contributed by atoms with van der Waals surface area (Å²) in [6.07, 6.45) is 1.24. The lowest BCUT2D eigenvalue weighted by Gasteiger charge is -2.49. The Morgan fingerprint density at radius 1 is 1.40 bits per heavy atom. The zero-order valence-corrected chi connectivity index (χ0v) is 16.0. The predicted molar refractivity (Wildman–Crippen MR) is 99.7 cm³/mol. The molecule has 2 N–H and O–H groups in total. The Bertz CT molecular complexity index is 1020. The van der Waals surface area contributed by atoms with Gasteiger partial charge in [0.15, 0.2) is 5.96 Å². The van der Waals surface area contributed by atoms with E-state index in [4.69, 9.17) is 14.9 Å². The second-order valence-electron chi connectivity index (χ2n) is 7.23. The fourth-order valence-electron chi connectivity index (χ4n) is 3.89. The molecule has 7 nitrogen and oxygen atoms in total. The van der Waals surface area contributed by atoms with Crippen LogP contribution in [-0.2, 0) is 21.7 Å². The molecule has 158 valence electrons. The van der Waals surface area contributed by atoms with E-state index in [1.807, 2.05) is 0 Å². The molecule has 0 bridgehead atoms. The van der Waals surface area contributed by atoms with Gasteiger partial charge in [-0.1, -0.05) is 0 Å². The highest BCUT2D eigenvalue weighted by molar-refractivity contribution is 6.00. The molecule has 2 aromatic rings. The van der Waals surface area contributed by atoms with Gasteiger partial charge in [0.25, 0.3) is 0 Å². The third kappa shape index (κ3) is 3.26. The van der Waals surface area contributed by atoms with E-state index in [2.05, 4.69) is 10.3 Å². The number of hydrogen-bond acceptors (Lipinski definition) is 5. The van der Waals surface area contributed by atoms with Crippen LogP contribution in [-0.4, -0.2) is 42.0 Å². The van der Waals surface area contributed by atoms with Crippen LogP contribution in [0.2, 0.25) is 0 Å².